The van der Waals surface area contributed by atoms with Crippen molar-refractivity contribution >= 4 is 23.6 Å². The molecule has 0 bridgehead atoms. The summed E-state index contributed by atoms with van der Waals surface area (Å²) < 4.78 is 4.53. The molecule has 1 amide bonds. The number of esters is 1. The Morgan fingerprint density at radius 3 is 2.68 bits per heavy atom. The van der Waals surface area contributed by atoms with Gasteiger partial charge in [-0.15, -0.1) is 0 Å². The first-order valence-electron chi connectivity index (χ1n) is 6.73. The van der Waals surface area contributed by atoms with E-state index >= 15 is 0 Å². The Bertz CT molecular complexity index is 647. The molecule has 2 aromatic rings. The number of methoxy groups -OCH3 is 1. The number of hydrogen-bond donors (Lipinski definition) is 1. The summed E-state index contributed by atoms with van der Waals surface area (Å²) in [7, 11) is 1.32. The van der Waals surface area contributed by atoms with Gasteiger partial charge in [-0.2, -0.15) is 0 Å². The third-order valence-corrected chi connectivity index (χ3v) is 3.84. The fourth-order valence-electron chi connectivity index (χ4n) is 1.72. The molecule has 6 heteroatoms. The number of ether oxygens (including phenoxy) is 1. The van der Waals surface area contributed by atoms with E-state index in [0.717, 1.165) is 4.90 Å². The predicted molar refractivity (Wildman–Crippen MR) is 83.8 cm³/mol. The molecule has 0 aliphatic carbocycles. The van der Waals surface area contributed by atoms with Gasteiger partial charge in [0.15, 0.2) is 0 Å². The highest BCUT2D eigenvalue weighted by molar-refractivity contribution is 7.99. The van der Waals surface area contributed by atoms with Crippen LogP contribution in [0.2, 0.25) is 0 Å². The summed E-state index contributed by atoms with van der Waals surface area (Å²) in [5.41, 5.74) is 0.487. The zero-order chi connectivity index (χ0) is 15.8. The highest BCUT2D eigenvalue weighted by Crippen LogP contribution is 2.28. The lowest BCUT2D eigenvalue weighted by molar-refractivity contribution is -0.140. The van der Waals surface area contributed by atoms with Crippen molar-refractivity contribution in [1.29, 1.82) is 0 Å². The maximum atomic E-state index is 12.2. The number of rotatable bonds is 6. The van der Waals surface area contributed by atoms with E-state index in [-0.39, 0.29) is 24.8 Å². The molecule has 1 N–H and O–H groups in total. The molecule has 22 heavy (non-hydrogen) atoms. The lowest BCUT2D eigenvalue weighted by Crippen LogP contribution is -2.27. The summed E-state index contributed by atoms with van der Waals surface area (Å²) in [5, 5.41) is 3.33. The molecule has 0 radical (unpaired) electrons. The molecule has 1 aromatic carbocycles. The second kappa shape index (κ2) is 8.19. The van der Waals surface area contributed by atoms with E-state index in [1.165, 1.54) is 18.9 Å². The number of benzene rings is 1. The van der Waals surface area contributed by atoms with E-state index in [1.807, 2.05) is 30.3 Å². The fraction of sp³-hybridized carbons (Fsp3) is 0.188. The summed E-state index contributed by atoms with van der Waals surface area (Å²) in [6.45, 7) is 0.232. The Morgan fingerprint density at radius 2 is 1.95 bits per heavy atom. The van der Waals surface area contributed by atoms with Crippen LogP contribution in [-0.4, -0.2) is 30.5 Å². The Balaban J connectivity index is 2.04. The first kappa shape index (κ1) is 16.0. The van der Waals surface area contributed by atoms with Crippen molar-refractivity contribution in [2.75, 3.05) is 13.7 Å². The normalized spacial score (nSPS) is 10.0. The summed E-state index contributed by atoms with van der Waals surface area (Å²) in [5.74, 6) is -0.610. The summed E-state index contributed by atoms with van der Waals surface area (Å²) in [4.78, 5) is 28.5. The van der Waals surface area contributed by atoms with E-state index in [2.05, 4.69) is 15.0 Å². The molecule has 0 saturated heterocycles. The number of nitrogens with zero attached hydrogens (tertiary/aromatic N) is 1. The van der Waals surface area contributed by atoms with Gasteiger partial charge in [-0.05, 0) is 24.3 Å². The minimum Gasteiger partial charge on any atom is -0.469 e. The van der Waals surface area contributed by atoms with Crippen LogP contribution in [0, 0.1) is 0 Å². The highest BCUT2D eigenvalue weighted by atomic mass is 32.2. The van der Waals surface area contributed by atoms with Crippen LogP contribution in [0.15, 0.2) is 58.6 Å². The average Bonchev–Trinajstić information content (AvgIpc) is 2.56. The number of nitrogens with one attached hydrogen (secondary N) is 1. The molecule has 2 rings (SSSR count). The smallest absolute Gasteiger partial charge is 0.307 e. The summed E-state index contributed by atoms with van der Waals surface area (Å²) >= 11 is 1.42. The molecule has 0 aliphatic heterocycles. The van der Waals surface area contributed by atoms with Crippen LogP contribution in [0.3, 0.4) is 0 Å². The van der Waals surface area contributed by atoms with Gasteiger partial charge < -0.3 is 10.1 Å². The topological polar surface area (TPSA) is 68.3 Å². The van der Waals surface area contributed by atoms with Crippen LogP contribution in [0.4, 0.5) is 0 Å². The van der Waals surface area contributed by atoms with E-state index in [1.54, 1.807) is 18.3 Å². The number of hydrogen-bond acceptors (Lipinski definition) is 5. The van der Waals surface area contributed by atoms with Crippen LogP contribution in [0.5, 0.6) is 0 Å². The van der Waals surface area contributed by atoms with Crippen LogP contribution < -0.4 is 5.32 Å². The van der Waals surface area contributed by atoms with E-state index < -0.39 is 0 Å². The number of carbonyl (C=O) groups excluding carboxylic acids is 2. The number of aromatic nitrogens is 1. The molecule has 0 fully saturated rings. The zero-order valence-electron chi connectivity index (χ0n) is 12.1. The number of amides is 1. The van der Waals surface area contributed by atoms with Gasteiger partial charge in [0.25, 0.3) is 5.91 Å². The van der Waals surface area contributed by atoms with Crippen LogP contribution in [-0.2, 0) is 9.53 Å². The molecular formula is C16H16N2O3S. The third-order valence-electron chi connectivity index (χ3n) is 2.82. The maximum absolute atomic E-state index is 12.2. The van der Waals surface area contributed by atoms with Gasteiger partial charge >= 0.3 is 5.97 Å². The maximum Gasteiger partial charge on any atom is 0.307 e. The van der Waals surface area contributed by atoms with Crippen molar-refractivity contribution in [2.24, 2.45) is 0 Å². The monoisotopic (exact) mass is 316 g/mol. The lowest BCUT2D eigenvalue weighted by Gasteiger charge is -2.08. The fourth-order valence-corrected chi connectivity index (χ4v) is 2.62. The van der Waals surface area contributed by atoms with Gasteiger partial charge in [-0.25, -0.2) is 4.98 Å². The summed E-state index contributed by atoms with van der Waals surface area (Å²) in [6, 6.07) is 13.1. The first-order valence-corrected chi connectivity index (χ1v) is 7.55. The van der Waals surface area contributed by atoms with Gasteiger partial charge in [0.2, 0.25) is 0 Å². The van der Waals surface area contributed by atoms with Gasteiger partial charge in [0.1, 0.15) is 5.03 Å². The molecule has 0 saturated carbocycles. The van der Waals surface area contributed by atoms with Crippen molar-refractivity contribution < 1.29 is 14.3 Å². The minimum atomic E-state index is -0.356. The predicted octanol–water partition coefficient (Wildman–Crippen LogP) is 2.53. The number of pyridine rings is 1. The van der Waals surface area contributed by atoms with Gasteiger partial charge in [-0.1, -0.05) is 30.0 Å². The van der Waals surface area contributed by atoms with Gasteiger partial charge in [0.05, 0.1) is 19.1 Å². The Kier molecular flexibility index (Phi) is 5.97. The average molecular weight is 316 g/mol. The van der Waals surface area contributed by atoms with Crippen LogP contribution in [0.1, 0.15) is 16.8 Å². The Labute approximate surface area is 133 Å². The lowest BCUT2D eigenvalue weighted by atomic mass is 10.2. The Morgan fingerprint density at radius 1 is 1.18 bits per heavy atom. The largest absolute Gasteiger partial charge is 0.469 e. The molecule has 0 spiro atoms. The standard InChI is InChI=1S/C16H16N2O3S/c1-21-14(19)9-11-17-15(20)13-8-5-10-18-16(13)22-12-6-3-2-4-7-12/h2-8,10H,9,11H2,1H3,(H,17,20). The van der Waals surface area contributed by atoms with Crippen LogP contribution in [0.25, 0.3) is 0 Å². The molecule has 0 unspecified atom stereocenters. The van der Waals surface area contributed by atoms with Gasteiger partial charge in [0, 0.05) is 17.6 Å². The minimum absolute atomic E-state index is 0.143. The number of carbonyl (C=O) groups is 2. The van der Waals surface area contributed by atoms with E-state index in [0.29, 0.717) is 10.6 Å². The quantitative estimate of drug-likeness (QED) is 0.829. The third kappa shape index (κ3) is 4.60. The summed E-state index contributed by atoms with van der Waals surface area (Å²) in [6.07, 6.45) is 1.79. The van der Waals surface area contributed by atoms with Gasteiger partial charge in [-0.3, -0.25) is 9.59 Å². The molecule has 0 aliphatic rings. The van der Waals surface area contributed by atoms with Crippen molar-refractivity contribution in [1.82, 2.24) is 10.3 Å². The molecule has 114 valence electrons. The molecule has 5 nitrogen and oxygen atoms in total. The van der Waals surface area contributed by atoms with Crippen LogP contribution >= 0.6 is 11.8 Å². The highest BCUT2D eigenvalue weighted by Gasteiger charge is 2.13. The zero-order valence-corrected chi connectivity index (χ0v) is 12.9. The van der Waals surface area contributed by atoms with Crippen molar-refractivity contribution in [2.45, 2.75) is 16.3 Å². The Hall–Kier alpha value is -2.34. The molecule has 1 heterocycles. The van der Waals surface area contributed by atoms with Crippen molar-refractivity contribution in [3.05, 3.63) is 54.2 Å². The molecular weight excluding hydrogens is 300 g/mol. The van der Waals surface area contributed by atoms with E-state index in [9.17, 15) is 9.59 Å². The molecule has 0 atom stereocenters. The second-order valence-electron chi connectivity index (χ2n) is 4.35. The van der Waals surface area contributed by atoms with E-state index in [4.69, 9.17) is 0 Å². The SMILES string of the molecule is COC(=O)CCNC(=O)c1cccnc1Sc1ccccc1. The van der Waals surface area contributed by atoms with Crippen molar-refractivity contribution in [3.8, 4) is 0 Å². The van der Waals surface area contributed by atoms with Crippen molar-refractivity contribution in [3.63, 3.8) is 0 Å². The molecule has 1 aromatic heterocycles. The first-order chi connectivity index (χ1) is 10.7. The second-order valence-corrected chi connectivity index (χ2v) is 5.42.